The molecular formula is C11H10BrN3O. The minimum Gasteiger partial charge on any atom is -0.326 e. The largest absolute Gasteiger partial charge is 0.326 e. The summed E-state index contributed by atoms with van der Waals surface area (Å²) in [7, 11) is 0. The lowest BCUT2D eigenvalue weighted by Crippen LogP contribution is -2.14. The molecule has 2 aromatic rings. The zero-order chi connectivity index (χ0) is 11.4. The van der Waals surface area contributed by atoms with Gasteiger partial charge in [0, 0.05) is 22.1 Å². The van der Waals surface area contributed by atoms with Gasteiger partial charge in [-0.15, -0.1) is 0 Å². The average molecular weight is 280 g/mol. The van der Waals surface area contributed by atoms with Crippen molar-refractivity contribution < 1.29 is 4.79 Å². The highest BCUT2D eigenvalue weighted by molar-refractivity contribution is 9.10. The lowest BCUT2D eigenvalue weighted by Gasteiger charge is -2.04. The molecule has 0 atom stereocenters. The number of nitrogens with zero attached hydrogens (tertiary/aromatic N) is 1. The zero-order valence-corrected chi connectivity index (χ0v) is 9.99. The van der Waals surface area contributed by atoms with Gasteiger partial charge in [0.05, 0.1) is 6.42 Å². The highest BCUT2D eigenvalue weighted by Gasteiger charge is 2.04. The van der Waals surface area contributed by atoms with Gasteiger partial charge in [0.2, 0.25) is 5.91 Å². The minimum absolute atomic E-state index is 0.0673. The highest BCUT2D eigenvalue weighted by atomic mass is 79.9. The first-order valence-corrected chi connectivity index (χ1v) is 5.57. The molecule has 1 aromatic carbocycles. The number of carbonyl (C=O) groups is 1. The second kappa shape index (κ2) is 4.94. The SMILES string of the molecule is O=C(Cc1ccn[nH]1)Nc1cccc(Br)c1. The van der Waals surface area contributed by atoms with Crippen molar-refractivity contribution in [1.29, 1.82) is 0 Å². The summed E-state index contributed by atoms with van der Waals surface area (Å²) in [6.45, 7) is 0. The van der Waals surface area contributed by atoms with Crippen LogP contribution >= 0.6 is 15.9 Å². The van der Waals surface area contributed by atoms with Crippen molar-refractivity contribution in [2.24, 2.45) is 0 Å². The van der Waals surface area contributed by atoms with Crippen LogP contribution in [0.5, 0.6) is 0 Å². The number of halogens is 1. The Morgan fingerprint density at radius 1 is 1.44 bits per heavy atom. The number of amides is 1. The van der Waals surface area contributed by atoms with Gasteiger partial charge in [-0.1, -0.05) is 22.0 Å². The van der Waals surface area contributed by atoms with Crippen molar-refractivity contribution in [2.45, 2.75) is 6.42 Å². The molecule has 0 aliphatic rings. The molecule has 0 spiro atoms. The molecule has 1 amide bonds. The number of hydrogen-bond donors (Lipinski definition) is 2. The molecule has 82 valence electrons. The van der Waals surface area contributed by atoms with Gasteiger partial charge >= 0.3 is 0 Å². The van der Waals surface area contributed by atoms with Crippen LogP contribution in [-0.4, -0.2) is 16.1 Å². The van der Waals surface area contributed by atoms with Crippen molar-refractivity contribution in [3.8, 4) is 0 Å². The Bertz CT molecular complexity index is 482. The normalized spacial score (nSPS) is 10.1. The maximum Gasteiger partial charge on any atom is 0.230 e. The molecule has 2 N–H and O–H groups in total. The molecule has 16 heavy (non-hydrogen) atoms. The lowest BCUT2D eigenvalue weighted by atomic mass is 10.2. The maximum atomic E-state index is 11.6. The van der Waals surface area contributed by atoms with Gasteiger partial charge in [-0.25, -0.2) is 0 Å². The minimum atomic E-state index is -0.0673. The Labute approximate surface area is 101 Å². The fourth-order valence-corrected chi connectivity index (χ4v) is 1.73. The molecule has 0 bridgehead atoms. The number of anilines is 1. The summed E-state index contributed by atoms with van der Waals surface area (Å²) in [6.07, 6.45) is 1.92. The fourth-order valence-electron chi connectivity index (χ4n) is 1.33. The third-order valence-corrected chi connectivity index (χ3v) is 2.51. The Balaban J connectivity index is 1.97. The summed E-state index contributed by atoms with van der Waals surface area (Å²) in [5, 5.41) is 9.33. The molecule has 0 fully saturated rings. The van der Waals surface area contributed by atoms with E-state index in [0.717, 1.165) is 15.9 Å². The van der Waals surface area contributed by atoms with E-state index >= 15 is 0 Å². The summed E-state index contributed by atoms with van der Waals surface area (Å²) in [5.74, 6) is -0.0673. The van der Waals surface area contributed by atoms with Gasteiger partial charge < -0.3 is 5.32 Å². The molecule has 0 unspecified atom stereocenters. The van der Waals surface area contributed by atoms with Gasteiger partial charge in [-0.2, -0.15) is 5.10 Å². The van der Waals surface area contributed by atoms with E-state index in [4.69, 9.17) is 0 Å². The lowest BCUT2D eigenvalue weighted by molar-refractivity contribution is -0.115. The van der Waals surface area contributed by atoms with E-state index in [9.17, 15) is 4.79 Å². The number of benzene rings is 1. The number of H-pyrrole nitrogens is 1. The van der Waals surface area contributed by atoms with E-state index in [-0.39, 0.29) is 5.91 Å². The van der Waals surface area contributed by atoms with Gasteiger partial charge in [-0.3, -0.25) is 9.89 Å². The summed E-state index contributed by atoms with van der Waals surface area (Å²) in [6, 6.07) is 9.25. The van der Waals surface area contributed by atoms with E-state index < -0.39 is 0 Å². The van der Waals surface area contributed by atoms with Gasteiger partial charge in [0.25, 0.3) is 0 Å². The average Bonchev–Trinajstić information content (AvgIpc) is 2.70. The number of carbonyl (C=O) groups excluding carboxylic acids is 1. The monoisotopic (exact) mass is 279 g/mol. The third kappa shape index (κ3) is 2.93. The van der Waals surface area contributed by atoms with Crippen molar-refractivity contribution in [3.05, 3.63) is 46.7 Å². The van der Waals surface area contributed by atoms with Crippen LogP contribution in [0.25, 0.3) is 0 Å². The van der Waals surface area contributed by atoms with Crippen molar-refractivity contribution in [1.82, 2.24) is 10.2 Å². The van der Waals surface area contributed by atoms with Crippen molar-refractivity contribution in [2.75, 3.05) is 5.32 Å². The number of aromatic nitrogens is 2. The Hall–Kier alpha value is -1.62. The highest BCUT2D eigenvalue weighted by Crippen LogP contribution is 2.15. The van der Waals surface area contributed by atoms with Crippen LogP contribution in [0, 0.1) is 0 Å². The predicted octanol–water partition coefficient (Wildman–Crippen LogP) is 2.35. The number of hydrogen-bond acceptors (Lipinski definition) is 2. The molecule has 0 radical (unpaired) electrons. The number of nitrogens with one attached hydrogen (secondary N) is 2. The van der Waals surface area contributed by atoms with Crippen molar-refractivity contribution >= 4 is 27.5 Å². The van der Waals surface area contributed by atoms with E-state index in [1.165, 1.54) is 0 Å². The van der Waals surface area contributed by atoms with Gasteiger partial charge in [0.15, 0.2) is 0 Å². The second-order valence-electron chi connectivity index (χ2n) is 3.32. The van der Waals surface area contributed by atoms with Crippen LogP contribution in [0.2, 0.25) is 0 Å². The Kier molecular flexibility index (Phi) is 3.36. The maximum absolute atomic E-state index is 11.6. The van der Waals surface area contributed by atoms with E-state index in [0.29, 0.717) is 6.42 Å². The first kappa shape index (κ1) is 10.9. The molecule has 1 heterocycles. The summed E-state index contributed by atoms with van der Waals surface area (Å²) in [5.41, 5.74) is 1.58. The van der Waals surface area contributed by atoms with Crippen LogP contribution in [0.4, 0.5) is 5.69 Å². The molecule has 1 aromatic heterocycles. The molecule has 0 aliphatic heterocycles. The number of aromatic amines is 1. The Morgan fingerprint density at radius 2 is 2.31 bits per heavy atom. The third-order valence-electron chi connectivity index (χ3n) is 2.02. The van der Waals surface area contributed by atoms with E-state index in [1.807, 2.05) is 24.3 Å². The summed E-state index contributed by atoms with van der Waals surface area (Å²) in [4.78, 5) is 11.6. The summed E-state index contributed by atoms with van der Waals surface area (Å²) >= 11 is 3.35. The van der Waals surface area contributed by atoms with E-state index in [1.54, 1.807) is 12.3 Å². The first-order chi connectivity index (χ1) is 7.74. The molecule has 0 saturated heterocycles. The molecule has 5 heteroatoms. The Morgan fingerprint density at radius 3 is 3.00 bits per heavy atom. The van der Waals surface area contributed by atoms with Crippen LogP contribution in [-0.2, 0) is 11.2 Å². The van der Waals surface area contributed by atoms with Gasteiger partial charge in [0.1, 0.15) is 0 Å². The van der Waals surface area contributed by atoms with E-state index in [2.05, 4.69) is 31.4 Å². The predicted molar refractivity (Wildman–Crippen MR) is 65.1 cm³/mol. The molecule has 0 saturated carbocycles. The second-order valence-corrected chi connectivity index (χ2v) is 4.23. The van der Waals surface area contributed by atoms with Crippen LogP contribution in [0.3, 0.4) is 0 Å². The molecule has 0 aliphatic carbocycles. The zero-order valence-electron chi connectivity index (χ0n) is 8.40. The molecular weight excluding hydrogens is 270 g/mol. The fraction of sp³-hybridized carbons (Fsp3) is 0.0909. The van der Waals surface area contributed by atoms with Crippen LogP contribution in [0.1, 0.15) is 5.69 Å². The molecule has 4 nitrogen and oxygen atoms in total. The van der Waals surface area contributed by atoms with Crippen molar-refractivity contribution in [3.63, 3.8) is 0 Å². The standard InChI is InChI=1S/C11H10BrN3O/c12-8-2-1-3-9(6-8)14-11(16)7-10-4-5-13-15-10/h1-6H,7H2,(H,13,15)(H,14,16). The van der Waals surface area contributed by atoms with Crippen LogP contribution in [0.15, 0.2) is 41.0 Å². The summed E-state index contributed by atoms with van der Waals surface area (Å²) < 4.78 is 0.937. The topological polar surface area (TPSA) is 57.8 Å². The van der Waals surface area contributed by atoms with Crippen LogP contribution < -0.4 is 5.32 Å². The molecule has 2 rings (SSSR count). The first-order valence-electron chi connectivity index (χ1n) is 4.78. The smallest absolute Gasteiger partial charge is 0.230 e. The van der Waals surface area contributed by atoms with Gasteiger partial charge in [-0.05, 0) is 24.3 Å². The quantitative estimate of drug-likeness (QED) is 0.906. The number of rotatable bonds is 3.